The van der Waals surface area contributed by atoms with Crippen LogP contribution in [0.3, 0.4) is 0 Å². The number of nitrogens with one attached hydrogen (secondary N) is 1. The van der Waals surface area contributed by atoms with Crippen molar-refractivity contribution in [3.05, 3.63) is 53.6 Å². The van der Waals surface area contributed by atoms with Crippen LogP contribution in [0, 0.1) is 12.7 Å². The molecule has 0 radical (unpaired) electrons. The van der Waals surface area contributed by atoms with Crippen molar-refractivity contribution in [3.8, 4) is 0 Å². The van der Waals surface area contributed by atoms with Gasteiger partial charge in [-0.1, -0.05) is 0 Å². The molecule has 0 spiro atoms. The molecule has 1 aromatic carbocycles. The summed E-state index contributed by atoms with van der Waals surface area (Å²) in [7, 11) is -4.02. The van der Waals surface area contributed by atoms with Crippen LogP contribution >= 0.6 is 0 Å². The number of carboxylic acids is 1. The molecule has 0 aliphatic heterocycles. The fourth-order valence-corrected chi connectivity index (χ4v) is 2.78. The van der Waals surface area contributed by atoms with Gasteiger partial charge in [-0.2, -0.15) is 0 Å². The van der Waals surface area contributed by atoms with Crippen LogP contribution in [0.4, 0.5) is 10.1 Å². The average Bonchev–Trinajstić information content (AvgIpc) is 2.41. The number of rotatable bonds is 4. The Kier molecular flexibility index (Phi) is 3.90. The van der Waals surface area contributed by atoms with E-state index in [1.807, 2.05) is 0 Å². The highest BCUT2D eigenvalue weighted by atomic mass is 32.2. The van der Waals surface area contributed by atoms with Gasteiger partial charge in [0.25, 0.3) is 10.0 Å². The summed E-state index contributed by atoms with van der Waals surface area (Å²) in [6.45, 7) is 1.66. The van der Waals surface area contributed by atoms with E-state index in [-0.39, 0.29) is 4.90 Å². The molecule has 0 bridgehead atoms. The zero-order valence-electron chi connectivity index (χ0n) is 10.9. The minimum atomic E-state index is -4.02. The van der Waals surface area contributed by atoms with E-state index in [4.69, 9.17) is 5.11 Å². The lowest BCUT2D eigenvalue weighted by Gasteiger charge is -2.10. The van der Waals surface area contributed by atoms with Crippen molar-refractivity contribution in [1.82, 2.24) is 4.98 Å². The van der Waals surface area contributed by atoms with Crippen LogP contribution in [0.1, 0.15) is 15.9 Å². The molecular formula is C13H11FN2O4S. The summed E-state index contributed by atoms with van der Waals surface area (Å²) in [6.07, 6.45) is 2.89. The van der Waals surface area contributed by atoms with Gasteiger partial charge in [-0.3, -0.25) is 9.71 Å². The molecule has 8 heteroatoms. The lowest BCUT2D eigenvalue weighted by molar-refractivity contribution is 0.0691. The molecule has 0 saturated heterocycles. The van der Waals surface area contributed by atoms with Crippen LogP contribution in [-0.2, 0) is 10.0 Å². The largest absolute Gasteiger partial charge is 0.478 e. The second-order valence-electron chi connectivity index (χ2n) is 4.24. The maximum Gasteiger partial charge on any atom is 0.338 e. The van der Waals surface area contributed by atoms with Crippen LogP contribution in [0.5, 0.6) is 0 Å². The van der Waals surface area contributed by atoms with Gasteiger partial charge in [-0.15, -0.1) is 0 Å². The minimum absolute atomic E-state index is 0.311. The molecule has 2 rings (SSSR count). The third-order valence-corrected chi connectivity index (χ3v) is 4.11. The highest BCUT2D eigenvalue weighted by Gasteiger charge is 2.19. The molecule has 0 amide bonds. The van der Waals surface area contributed by atoms with Crippen molar-refractivity contribution in [2.45, 2.75) is 11.8 Å². The number of aryl methyl sites for hydroxylation is 1. The van der Waals surface area contributed by atoms with Crippen LogP contribution in [-0.4, -0.2) is 24.5 Å². The van der Waals surface area contributed by atoms with Crippen LogP contribution in [0.2, 0.25) is 0 Å². The van der Waals surface area contributed by atoms with Crippen molar-refractivity contribution in [2.75, 3.05) is 4.72 Å². The number of aromatic carboxylic acids is 1. The van der Waals surface area contributed by atoms with Crippen molar-refractivity contribution < 1.29 is 22.7 Å². The molecular weight excluding hydrogens is 299 g/mol. The summed E-state index contributed by atoms with van der Waals surface area (Å²) >= 11 is 0. The summed E-state index contributed by atoms with van der Waals surface area (Å²) in [6, 6.07) is 4.04. The van der Waals surface area contributed by atoms with Gasteiger partial charge in [-0.25, -0.2) is 17.6 Å². The molecule has 0 fully saturated rings. The van der Waals surface area contributed by atoms with Crippen molar-refractivity contribution in [1.29, 1.82) is 0 Å². The molecule has 0 saturated carbocycles. The van der Waals surface area contributed by atoms with Gasteiger partial charge in [0.05, 0.1) is 16.1 Å². The summed E-state index contributed by atoms with van der Waals surface area (Å²) in [4.78, 5) is 14.3. The molecule has 2 aromatic rings. The summed E-state index contributed by atoms with van der Waals surface area (Å²) < 4.78 is 40.0. The van der Waals surface area contributed by atoms with Gasteiger partial charge < -0.3 is 5.11 Å². The number of anilines is 1. The molecule has 21 heavy (non-hydrogen) atoms. The zero-order chi connectivity index (χ0) is 15.6. The van der Waals surface area contributed by atoms with Gasteiger partial charge in [0.2, 0.25) is 0 Å². The minimum Gasteiger partial charge on any atom is -0.478 e. The van der Waals surface area contributed by atoms with E-state index >= 15 is 0 Å². The number of benzene rings is 1. The highest BCUT2D eigenvalue weighted by Crippen LogP contribution is 2.20. The van der Waals surface area contributed by atoms with Crippen LogP contribution in [0.15, 0.2) is 41.6 Å². The monoisotopic (exact) mass is 310 g/mol. The van der Waals surface area contributed by atoms with Gasteiger partial charge in [0, 0.05) is 12.4 Å². The van der Waals surface area contributed by atoms with Crippen molar-refractivity contribution >= 4 is 21.7 Å². The van der Waals surface area contributed by atoms with Crippen LogP contribution < -0.4 is 4.72 Å². The topological polar surface area (TPSA) is 96.4 Å². The molecule has 0 aliphatic rings. The van der Waals surface area contributed by atoms with Gasteiger partial charge >= 0.3 is 5.97 Å². The maximum atomic E-state index is 13.3. The predicted octanol–water partition coefficient (Wildman–Crippen LogP) is 2.03. The van der Waals surface area contributed by atoms with E-state index in [2.05, 4.69) is 9.71 Å². The summed E-state index contributed by atoms with van der Waals surface area (Å²) in [5, 5.41) is 8.83. The van der Waals surface area contributed by atoms with E-state index < -0.39 is 27.4 Å². The first kappa shape index (κ1) is 14.9. The number of pyridine rings is 1. The van der Waals surface area contributed by atoms with Crippen molar-refractivity contribution in [2.24, 2.45) is 0 Å². The van der Waals surface area contributed by atoms with E-state index in [9.17, 15) is 17.6 Å². The molecule has 2 N–H and O–H groups in total. The Morgan fingerprint density at radius 3 is 2.67 bits per heavy atom. The first-order valence-electron chi connectivity index (χ1n) is 5.77. The third-order valence-electron chi connectivity index (χ3n) is 2.74. The maximum absolute atomic E-state index is 13.3. The second-order valence-corrected chi connectivity index (χ2v) is 5.93. The third kappa shape index (κ3) is 3.16. The van der Waals surface area contributed by atoms with Gasteiger partial charge in [-0.05, 0) is 36.8 Å². The fourth-order valence-electron chi connectivity index (χ4n) is 1.63. The Balaban J connectivity index is 2.43. The number of aromatic nitrogens is 1. The molecule has 0 aliphatic carbocycles. The second kappa shape index (κ2) is 5.49. The summed E-state index contributed by atoms with van der Waals surface area (Å²) in [5.74, 6) is -2.54. The van der Waals surface area contributed by atoms with Gasteiger partial charge in [0.15, 0.2) is 0 Å². The number of nitrogens with zero attached hydrogens (tertiary/aromatic N) is 1. The zero-order valence-corrected chi connectivity index (χ0v) is 11.7. The quantitative estimate of drug-likeness (QED) is 0.900. The predicted molar refractivity (Wildman–Crippen MR) is 73.1 cm³/mol. The summed E-state index contributed by atoms with van der Waals surface area (Å²) in [5.41, 5.74) is 0.206. The lowest BCUT2D eigenvalue weighted by atomic mass is 10.2. The molecule has 0 atom stereocenters. The Morgan fingerprint density at radius 2 is 2.05 bits per heavy atom. The van der Waals surface area contributed by atoms with E-state index in [0.717, 1.165) is 18.2 Å². The average molecular weight is 310 g/mol. The standard InChI is InChI=1S/C13H11FN2O4S/c1-8-7-15-5-4-12(8)16-21(19,20)9-2-3-11(14)10(6-9)13(17)18/h2-7H,1H3,(H,15,16)(H,17,18). The smallest absolute Gasteiger partial charge is 0.338 e. The number of halogens is 1. The molecule has 110 valence electrons. The van der Waals surface area contributed by atoms with Crippen molar-refractivity contribution in [3.63, 3.8) is 0 Å². The Labute approximate surface area is 120 Å². The first-order chi connectivity index (χ1) is 9.81. The SMILES string of the molecule is Cc1cnccc1NS(=O)(=O)c1ccc(F)c(C(=O)O)c1. The van der Waals surface area contributed by atoms with E-state index in [1.54, 1.807) is 6.92 Å². The molecule has 0 unspecified atom stereocenters. The normalized spacial score (nSPS) is 11.1. The fraction of sp³-hybridized carbons (Fsp3) is 0.0769. The van der Waals surface area contributed by atoms with E-state index in [1.165, 1.54) is 18.5 Å². The molecule has 6 nitrogen and oxygen atoms in total. The molecule has 1 heterocycles. The highest BCUT2D eigenvalue weighted by molar-refractivity contribution is 7.92. The Morgan fingerprint density at radius 1 is 1.33 bits per heavy atom. The van der Waals surface area contributed by atoms with Crippen LogP contribution in [0.25, 0.3) is 0 Å². The Bertz CT molecular complexity index is 806. The number of hydrogen-bond donors (Lipinski definition) is 2. The lowest BCUT2D eigenvalue weighted by Crippen LogP contribution is -2.15. The number of carbonyl (C=O) groups is 1. The number of sulfonamides is 1. The number of hydrogen-bond acceptors (Lipinski definition) is 4. The van der Waals surface area contributed by atoms with Gasteiger partial charge in [0.1, 0.15) is 5.82 Å². The molecule has 1 aromatic heterocycles. The first-order valence-corrected chi connectivity index (χ1v) is 7.26. The Hall–Kier alpha value is -2.48. The van der Waals surface area contributed by atoms with E-state index in [0.29, 0.717) is 11.3 Å². The number of carboxylic acid groups (broad SMARTS) is 1.